The van der Waals surface area contributed by atoms with Gasteiger partial charge < -0.3 is 15.0 Å². The molecule has 1 aliphatic heterocycles. The molecule has 0 saturated carbocycles. The number of carbonyl (C=O) groups is 1. The molecule has 1 aliphatic rings. The maximum absolute atomic E-state index is 12.5. The topological polar surface area (TPSA) is 41.6 Å². The van der Waals surface area contributed by atoms with Gasteiger partial charge in [0.15, 0.2) is 0 Å². The number of amides is 1. The number of nitrogens with zero attached hydrogens (tertiary/aromatic N) is 1. The number of hydrogen-bond donors (Lipinski definition) is 1. The lowest BCUT2D eigenvalue weighted by Crippen LogP contribution is -2.42. The van der Waals surface area contributed by atoms with E-state index in [9.17, 15) is 4.79 Å². The Bertz CT molecular complexity index is 448. The number of ether oxygens (including phenoxy) is 1. The summed E-state index contributed by atoms with van der Waals surface area (Å²) in [5.74, 6) is 1.02. The van der Waals surface area contributed by atoms with Gasteiger partial charge in [0.2, 0.25) is 5.91 Å². The first-order valence-corrected chi connectivity index (χ1v) is 7.37. The Hall–Kier alpha value is -1.26. The van der Waals surface area contributed by atoms with Crippen molar-refractivity contribution in [3.63, 3.8) is 0 Å². The van der Waals surface area contributed by atoms with Crippen LogP contribution in [0.3, 0.4) is 0 Å². The Morgan fingerprint density at radius 1 is 1.48 bits per heavy atom. The minimum atomic E-state index is 0. The largest absolute Gasteiger partial charge is 0.497 e. The second kappa shape index (κ2) is 8.90. The Kier molecular flexibility index (Phi) is 7.54. The van der Waals surface area contributed by atoms with Crippen LogP contribution >= 0.6 is 12.4 Å². The van der Waals surface area contributed by atoms with Crippen LogP contribution in [0.2, 0.25) is 0 Å². The highest BCUT2D eigenvalue weighted by Crippen LogP contribution is 2.16. The van der Waals surface area contributed by atoms with Gasteiger partial charge in [0, 0.05) is 19.1 Å². The monoisotopic (exact) mass is 312 g/mol. The van der Waals surface area contributed by atoms with Crippen molar-refractivity contribution in [2.75, 3.05) is 26.7 Å². The van der Waals surface area contributed by atoms with E-state index >= 15 is 0 Å². The molecule has 1 atom stereocenters. The molecule has 1 unspecified atom stereocenters. The first-order valence-electron chi connectivity index (χ1n) is 7.37. The van der Waals surface area contributed by atoms with Gasteiger partial charge in [-0.3, -0.25) is 4.79 Å². The number of rotatable bonds is 6. The van der Waals surface area contributed by atoms with Gasteiger partial charge in [-0.1, -0.05) is 19.1 Å². The molecule has 118 valence electrons. The zero-order chi connectivity index (χ0) is 14.4. The molecule has 21 heavy (non-hydrogen) atoms. The molecule has 0 aromatic heterocycles. The molecule has 1 amide bonds. The van der Waals surface area contributed by atoms with Crippen LogP contribution in [0.5, 0.6) is 5.75 Å². The zero-order valence-electron chi connectivity index (χ0n) is 12.8. The SMILES string of the molecule is CCCN(C(=O)Cc1cccc(OC)c1)C1CCNC1.Cl. The van der Waals surface area contributed by atoms with Crippen LogP contribution in [-0.4, -0.2) is 43.6 Å². The van der Waals surface area contributed by atoms with E-state index < -0.39 is 0 Å². The van der Waals surface area contributed by atoms with E-state index in [1.807, 2.05) is 29.2 Å². The van der Waals surface area contributed by atoms with Crippen LogP contribution in [0.1, 0.15) is 25.3 Å². The van der Waals surface area contributed by atoms with Crippen LogP contribution < -0.4 is 10.1 Å². The predicted molar refractivity (Wildman–Crippen MR) is 87.2 cm³/mol. The third kappa shape index (κ3) is 4.90. The smallest absolute Gasteiger partial charge is 0.227 e. The third-order valence-corrected chi connectivity index (χ3v) is 3.75. The van der Waals surface area contributed by atoms with Crippen molar-refractivity contribution in [3.05, 3.63) is 29.8 Å². The molecule has 1 aromatic carbocycles. The molecule has 0 bridgehead atoms. The van der Waals surface area contributed by atoms with E-state index in [1.165, 1.54) is 0 Å². The van der Waals surface area contributed by atoms with Crippen molar-refractivity contribution in [1.82, 2.24) is 10.2 Å². The van der Waals surface area contributed by atoms with Gasteiger partial charge in [-0.15, -0.1) is 12.4 Å². The molecule has 1 N–H and O–H groups in total. The highest BCUT2D eigenvalue weighted by molar-refractivity contribution is 5.85. The lowest BCUT2D eigenvalue weighted by Gasteiger charge is -2.28. The van der Waals surface area contributed by atoms with E-state index in [0.29, 0.717) is 12.5 Å². The molecular formula is C16H25ClN2O2. The lowest BCUT2D eigenvalue weighted by molar-refractivity contribution is -0.132. The first-order chi connectivity index (χ1) is 9.74. The van der Waals surface area contributed by atoms with Crippen molar-refractivity contribution in [2.45, 2.75) is 32.2 Å². The number of carbonyl (C=O) groups excluding carboxylic acids is 1. The number of hydrogen-bond acceptors (Lipinski definition) is 3. The standard InChI is InChI=1S/C16H24N2O2.ClH/c1-3-9-18(14-7-8-17-12-14)16(19)11-13-5-4-6-15(10-13)20-2;/h4-6,10,14,17H,3,7-9,11-12H2,1-2H3;1H. The second-order valence-corrected chi connectivity index (χ2v) is 5.26. The third-order valence-electron chi connectivity index (χ3n) is 3.75. The molecule has 4 nitrogen and oxygen atoms in total. The summed E-state index contributed by atoms with van der Waals surface area (Å²) in [7, 11) is 1.65. The number of benzene rings is 1. The number of halogens is 1. The molecule has 1 fully saturated rings. The van der Waals surface area contributed by atoms with E-state index in [4.69, 9.17) is 4.74 Å². The quantitative estimate of drug-likeness (QED) is 0.876. The summed E-state index contributed by atoms with van der Waals surface area (Å²) >= 11 is 0. The number of methoxy groups -OCH3 is 1. The van der Waals surface area contributed by atoms with Crippen LogP contribution in [0.4, 0.5) is 0 Å². The molecule has 1 saturated heterocycles. The predicted octanol–water partition coefficient (Wildman–Crippen LogP) is 2.26. The summed E-state index contributed by atoms with van der Waals surface area (Å²) < 4.78 is 5.21. The first kappa shape index (κ1) is 17.8. The Balaban J connectivity index is 0.00000220. The Labute approximate surface area is 133 Å². The van der Waals surface area contributed by atoms with Gasteiger partial charge in [-0.25, -0.2) is 0 Å². The lowest BCUT2D eigenvalue weighted by atomic mass is 10.1. The van der Waals surface area contributed by atoms with Gasteiger partial charge in [0.25, 0.3) is 0 Å². The fraction of sp³-hybridized carbons (Fsp3) is 0.562. The van der Waals surface area contributed by atoms with Gasteiger partial charge in [0.1, 0.15) is 5.75 Å². The maximum atomic E-state index is 12.5. The van der Waals surface area contributed by atoms with E-state index in [0.717, 1.165) is 43.8 Å². The fourth-order valence-electron chi connectivity index (χ4n) is 2.72. The van der Waals surface area contributed by atoms with E-state index in [1.54, 1.807) is 7.11 Å². The van der Waals surface area contributed by atoms with Crippen molar-refractivity contribution in [3.8, 4) is 5.75 Å². The summed E-state index contributed by atoms with van der Waals surface area (Å²) in [4.78, 5) is 14.6. The summed E-state index contributed by atoms with van der Waals surface area (Å²) in [5.41, 5.74) is 1.02. The van der Waals surface area contributed by atoms with Crippen LogP contribution in [0.25, 0.3) is 0 Å². The normalized spacial score (nSPS) is 17.1. The fourth-order valence-corrected chi connectivity index (χ4v) is 2.72. The Morgan fingerprint density at radius 3 is 2.90 bits per heavy atom. The van der Waals surface area contributed by atoms with Crippen molar-refractivity contribution < 1.29 is 9.53 Å². The number of nitrogens with one attached hydrogen (secondary N) is 1. The second-order valence-electron chi connectivity index (χ2n) is 5.26. The molecule has 2 rings (SSSR count). The molecule has 0 radical (unpaired) electrons. The average molecular weight is 313 g/mol. The average Bonchev–Trinajstić information content (AvgIpc) is 2.98. The molecule has 1 aromatic rings. The summed E-state index contributed by atoms with van der Waals surface area (Å²) in [6, 6.07) is 8.11. The van der Waals surface area contributed by atoms with E-state index in [2.05, 4.69) is 12.2 Å². The molecule has 0 spiro atoms. The highest BCUT2D eigenvalue weighted by atomic mass is 35.5. The van der Waals surface area contributed by atoms with Gasteiger partial charge in [-0.05, 0) is 37.1 Å². The summed E-state index contributed by atoms with van der Waals surface area (Å²) in [6.07, 6.45) is 2.51. The van der Waals surface area contributed by atoms with Crippen molar-refractivity contribution >= 4 is 18.3 Å². The molecule has 1 heterocycles. The zero-order valence-corrected chi connectivity index (χ0v) is 13.6. The van der Waals surface area contributed by atoms with E-state index in [-0.39, 0.29) is 18.3 Å². The Morgan fingerprint density at radius 2 is 2.29 bits per heavy atom. The highest BCUT2D eigenvalue weighted by Gasteiger charge is 2.25. The minimum absolute atomic E-state index is 0. The minimum Gasteiger partial charge on any atom is -0.497 e. The molecule has 0 aliphatic carbocycles. The van der Waals surface area contributed by atoms with Gasteiger partial charge in [-0.2, -0.15) is 0 Å². The van der Waals surface area contributed by atoms with Crippen molar-refractivity contribution in [2.24, 2.45) is 0 Å². The van der Waals surface area contributed by atoms with Crippen LogP contribution in [0.15, 0.2) is 24.3 Å². The van der Waals surface area contributed by atoms with Crippen molar-refractivity contribution in [1.29, 1.82) is 0 Å². The van der Waals surface area contributed by atoms with Crippen LogP contribution in [-0.2, 0) is 11.2 Å². The summed E-state index contributed by atoms with van der Waals surface area (Å²) in [6.45, 7) is 4.89. The van der Waals surface area contributed by atoms with Crippen LogP contribution in [0, 0.1) is 0 Å². The van der Waals surface area contributed by atoms with Gasteiger partial charge in [0.05, 0.1) is 13.5 Å². The van der Waals surface area contributed by atoms with Gasteiger partial charge >= 0.3 is 0 Å². The molecular weight excluding hydrogens is 288 g/mol. The maximum Gasteiger partial charge on any atom is 0.227 e. The molecule has 5 heteroatoms. The summed E-state index contributed by atoms with van der Waals surface area (Å²) in [5, 5.41) is 3.33.